The molecule has 59 heavy (non-hydrogen) atoms. The Morgan fingerprint density at radius 2 is 1.20 bits per heavy atom. The molecule has 2 aromatic rings. The molecule has 0 saturated heterocycles. The minimum Gasteiger partial charge on any atom is -0.466 e. The lowest BCUT2D eigenvalue weighted by Gasteiger charge is -2.39. The highest BCUT2D eigenvalue weighted by Gasteiger charge is 2.36. The van der Waals surface area contributed by atoms with Crippen molar-refractivity contribution < 1.29 is 51.7 Å². The first kappa shape index (κ1) is 46.5. The van der Waals surface area contributed by atoms with Crippen molar-refractivity contribution in [3.05, 3.63) is 36.2 Å². The summed E-state index contributed by atoms with van der Waals surface area (Å²) in [6.45, 7) is 11.8. The van der Waals surface area contributed by atoms with Crippen LogP contribution in [0.5, 0.6) is 11.8 Å². The van der Waals surface area contributed by atoms with Crippen LogP contribution in [0.15, 0.2) is 24.5 Å². The summed E-state index contributed by atoms with van der Waals surface area (Å²) in [5.74, 6) is -0.618. The number of hydrogen-bond donors (Lipinski definition) is 4. The second-order valence-corrected chi connectivity index (χ2v) is 16.6. The second kappa shape index (κ2) is 21.2. The standard InChI is InChI=1S/C20H29FN4O4.C13H16FN3O2.C7H13NO3/c1-20(2,3)29-19(27)23-9-8-22-14-4-6-15(7-5-14)25-16-10-13(21)11-24-18(16)28-12-17(25)26;14-8-5-11-13(16-6-8)19-7-12(18)17(11)10-3-1-9(15)2-4-10;1-7(2,3)11-6(10)8-4-5-9/h10-11,14-15,22H,4-9,12H2,1-3H3,(H,23,27);5-6,9-10H,1-4,7,15H2;5H,4H2,1-3H3,(H,8,10). The minimum atomic E-state index is -0.565. The maximum atomic E-state index is 13.6. The molecule has 0 atom stereocenters. The van der Waals surface area contributed by atoms with Gasteiger partial charge in [0.1, 0.15) is 40.5 Å². The Bertz CT molecular complexity index is 1760. The van der Waals surface area contributed by atoms with Crippen molar-refractivity contribution in [3.8, 4) is 11.8 Å². The highest BCUT2D eigenvalue weighted by atomic mass is 19.1. The Balaban J connectivity index is 0.000000219. The average Bonchev–Trinajstić information content (AvgIpc) is 3.15. The molecular formula is C40H58F2N8O9. The van der Waals surface area contributed by atoms with Gasteiger partial charge in [0.2, 0.25) is 11.8 Å². The van der Waals surface area contributed by atoms with Crippen molar-refractivity contribution in [1.29, 1.82) is 0 Å². The van der Waals surface area contributed by atoms with Crippen LogP contribution in [0.3, 0.4) is 0 Å². The van der Waals surface area contributed by atoms with Crippen LogP contribution in [0.1, 0.15) is 92.9 Å². The van der Waals surface area contributed by atoms with Gasteiger partial charge in [-0.3, -0.25) is 9.59 Å². The van der Waals surface area contributed by atoms with E-state index in [1.165, 1.54) is 12.1 Å². The lowest BCUT2D eigenvalue weighted by atomic mass is 9.89. The third kappa shape index (κ3) is 14.9. The maximum absolute atomic E-state index is 13.6. The van der Waals surface area contributed by atoms with E-state index in [0.717, 1.165) is 63.8 Å². The molecule has 2 aromatic heterocycles. The molecule has 4 aliphatic rings. The van der Waals surface area contributed by atoms with Crippen molar-refractivity contribution in [3.63, 3.8) is 0 Å². The number of anilines is 2. The Morgan fingerprint density at radius 3 is 1.64 bits per heavy atom. The van der Waals surface area contributed by atoms with E-state index in [2.05, 4.69) is 25.9 Å². The van der Waals surface area contributed by atoms with E-state index in [4.69, 9.17) is 24.7 Å². The minimum absolute atomic E-state index is 0.00505. The summed E-state index contributed by atoms with van der Waals surface area (Å²) in [4.78, 5) is 67.8. The highest BCUT2D eigenvalue weighted by Crippen LogP contribution is 2.37. The number of aldehydes is 1. The first-order valence-corrected chi connectivity index (χ1v) is 19.9. The average molecular weight is 833 g/mol. The Hall–Kier alpha value is -5.17. The lowest BCUT2D eigenvalue weighted by molar-refractivity contribution is -0.122. The third-order valence-electron chi connectivity index (χ3n) is 9.44. The number of nitrogens with two attached hydrogens (primary N) is 1. The molecule has 0 aromatic carbocycles. The number of rotatable bonds is 8. The van der Waals surface area contributed by atoms with Gasteiger partial charge in [-0.1, -0.05) is 0 Å². The molecule has 6 rings (SSSR count). The topological polar surface area (TPSA) is 217 Å². The molecule has 2 fully saturated rings. The van der Waals surface area contributed by atoms with Crippen LogP contribution in [-0.4, -0.2) is 108 Å². The Morgan fingerprint density at radius 1 is 0.763 bits per heavy atom. The summed E-state index contributed by atoms with van der Waals surface area (Å²) in [5.41, 5.74) is 5.72. The summed E-state index contributed by atoms with van der Waals surface area (Å²) in [5, 5.41) is 8.42. The molecule has 0 radical (unpaired) electrons. The van der Waals surface area contributed by atoms with E-state index in [1.807, 2.05) is 20.8 Å². The number of fused-ring (bicyclic) bond motifs is 2. The fourth-order valence-corrected chi connectivity index (χ4v) is 6.96. The normalized spacial score (nSPS) is 21.4. The molecule has 2 aliphatic heterocycles. The van der Waals surface area contributed by atoms with E-state index in [0.29, 0.717) is 48.6 Å². The molecule has 0 bridgehead atoms. The van der Waals surface area contributed by atoms with Crippen LogP contribution in [-0.2, 0) is 23.9 Å². The molecule has 2 aliphatic carbocycles. The van der Waals surface area contributed by atoms with Gasteiger partial charge in [-0.2, -0.15) is 0 Å². The molecule has 0 unspecified atom stereocenters. The fourth-order valence-electron chi connectivity index (χ4n) is 6.96. The molecule has 17 nitrogen and oxygen atoms in total. The number of halogens is 2. The quantitative estimate of drug-likeness (QED) is 0.216. The summed E-state index contributed by atoms with van der Waals surface area (Å²) in [6, 6.07) is 3.22. The number of alkyl carbamates (subject to hydrolysis) is 2. The summed E-state index contributed by atoms with van der Waals surface area (Å²) < 4.78 is 47.6. The monoisotopic (exact) mass is 832 g/mol. The number of nitrogens with zero attached hydrogens (tertiary/aromatic N) is 4. The molecule has 4 amide bonds. The van der Waals surface area contributed by atoms with Gasteiger partial charge in [0.05, 0.1) is 18.9 Å². The number of pyridine rings is 2. The van der Waals surface area contributed by atoms with Crippen LogP contribution in [0.25, 0.3) is 0 Å². The summed E-state index contributed by atoms with van der Waals surface area (Å²) in [7, 11) is 0. The molecule has 5 N–H and O–H groups in total. The fraction of sp³-hybridized carbons (Fsp3) is 0.625. The van der Waals surface area contributed by atoms with Gasteiger partial charge >= 0.3 is 12.2 Å². The van der Waals surface area contributed by atoms with Crippen molar-refractivity contribution >= 4 is 41.7 Å². The maximum Gasteiger partial charge on any atom is 0.408 e. The molecule has 19 heteroatoms. The molecular weight excluding hydrogens is 774 g/mol. The SMILES string of the molecule is CC(C)(C)OC(=O)NCC=O.CC(C)(C)OC(=O)NCCNC1CCC(N2C(=O)COc3ncc(F)cc32)CC1.NC1CCC(N2C(=O)COc3ncc(F)cc32)CC1. The zero-order chi connectivity index (χ0) is 43.3. The van der Waals surface area contributed by atoms with Gasteiger partial charge in [-0.05, 0) is 92.9 Å². The molecule has 2 saturated carbocycles. The first-order chi connectivity index (χ1) is 27.8. The van der Waals surface area contributed by atoms with E-state index >= 15 is 0 Å². The second-order valence-electron chi connectivity index (χ2n) is 16.6. The predicted molar refractivity (Wildman–Crippen MR) is 213 cm³/mol. The van der Waals surface area contributed by atoms with Crippen molar-refractivity contribution in [2.75, 3.05) is 42.6 Å². The van der Waals surface area contributed by atoms with Crippen molar-refractivity contribution in [2.24, 2.45) is 5.73 Å². The zero-order valence-corrected chi connectivity index (χ0v) is 34.7. The van der Waals surface area contributed by atoms with E-state index in [-0.39, 0.29) is 49.7 Å². The van der Waals surface area contributed by atoms with Crippen LogP contribution >= 0.6 is 0 Å². The van der Waals surface area contributed by atoms with Crippen molar-refractivity contribution in [2.45, 2.75) is 128 Å². The molecule has 4 heterocycles. The third-order valence-corrected chi connectivity index (χ3v) is 9.44. The number of carbonyl (C=O) groups excluding carboxylic acids is 5. The van der Waals surface area contributed by atoms with Gasteiger partial charge in [-0.15, -0.1) is 0 Å². The number of nitrogens with one attached hydrogen (secondary N) is 3. The van der Waals surface area contributed by atoms with Crippen LogP contribution in [0.4, 0.5) is 29.7 Å². The molecule has 326 valence electrons. The van der Waals surface area contributed by atoms with Crippen LogP contribution < -0.4 is 41.0 Å². The van der Waals surface area contributed by atoms with Gasteiger partial charge in [0.15, 0.2) is 13.2 Å². The number of aromatic nitrogens is 2. The highest BCUT2D eigenvalue weighted by molar-refractivity contribution is 5.98. The predicted octanol–water partition coefficient (Wildman–Crippen LogP) is 4.30. The number of ether oxygens (including phenoxy) is 4. The van der Waals surface area contributed by atoms with E-state index in [9.17, 15) is 32.8 Å². The number of carbonyl (C=O) groups is 5. The van der Waals surface area contributed by atoms with Gasteiger partial charge in [0, 0.05) is 49.4 Å². The first-order valence-electron chi connectivity index (χ1n) is 19.9. The largest absolute Gasteiger partial charge is 0.466 e. The summed E-state index contributed by atoms with van der Waals surface area (Å²) in [6.07, 6.45) is 8.63. The lowest BCUT2D eigenvalue weighted by Crippen LogP contribution is -2.49. The van der Waals surface area contributed by atoms with Gasteiger partial charge < -0.3 is 55.2 Å². The van der Waals surface area contributed by atoms with Crippen molar-refractivity contribution in [1.82, 2.24) is 25.9 Å². The van der Waals surface area contributed by atoms with Crippen LogP contribution in [0.2, 0.25) is 0 Å². The van der Waals surface area contributed by atoms with Gasteiger partial charge in [-0.25, -0.2) is 28.3 Å². The Kier molecular flexibility index (Phi) is 16.7. The number of hydrogen-bond acceptors (Lipinski definition) is 13. The Labute approximate surface area is 343 Å². The smallest absolute Gasteiger partial charge is 0.408 e. The summed E-state index contributed by atoms with van der Waals surface area (Å²) >= 11 is 0. The van der Waals surface area contributed by atoms with Crippen LogP contribution in [0, 0.1) is 11.6 Å². The molecule has 0 spiro atoms. The number of amides is 4. The zero-order valence-electron chi connectivity index (χ0n) is 34.7. The van der Waals surface area contributed by atoms with E-state index < -0.39 is 35.0 Å². The van der Waals surface area contributed by atoms with E-state index in [1.54, 1.807) is 30.6 Å². The van der Waals surface area contributed by atoms with Gasteiger partial charge in [0.25, 0.3) is 11.8 Å².